The molecule has 7 heteroatoms. The lowest BCUT2D eigenvalue weighted by atomic mass is 10.1. The summed E-state index contributed by atoms with van der Waals surface area (Å²) in [6.45, 7) is 0.675. The maximum Gasteiger partial charge on any atom is 0.353 e. The number of hydrogen-bond acceptors (Lipinski definition) is 6. The van der Waals surface area contributed by atoms with Gasteiger partial charge in [-0.05, 0) is 30.9 Å². The van der Waals surface area contributed by atoms with Crippen LogP contribution in [0.2, 0.25) is 0 Å². The molecule has 1 aromatic carbocycles. The molecule has 21 heavy (non-hydrogen) atoms. The second-order valence-corrected chi connectivity index (χ2v) is 4.93. The topological polar surface area (TPSA) is 98.2 Å². The third-order valence-electron chi connectivity index (χ3n) is 3.63. The fourth-order valence-electron chi connectivity index (χ4n) is 2.67. The van der Waals surface area contributed by atoms with Crippen molar-refractivity contribution < 1.29 is 4.92 Å². The predicted octanol–water partition coefficient (Wildman–Crippen LogP) is 2.44. The average Bonchev–Trinajstić information content (AvgIpc) is 2.68. The van der Waals surface area contributed by atoms with Gasteiger partial charge in [0.2, 0.25) is 11.6 Å². The molecule has 0 saturated heterocycles. The van der Waals surface area contributed by atoms with Gasteiger partial charge in [0.1, 0.15) is 6.33 Å². The number of fused-ring (bicyclic) bond motifs is 1. The highest BCUT2D eigenvalue weighted by atomic mass is 16.6. The second kappa shape index (κ2) is 5.35. The highest BCUT2D eigenvalue weighted by molar-refractivity contribution is 5.75. The van der Waals surface area contributed by atoms with Crippen LogP contribution < -0.4 is 10.6 Å². The monoisotopic (exact) mass is 285 g/mol. The van der Waals surface area contributed by atoms with Gasteiger partial charge in [0.25, 0.3) is 0 Å². The lowest BCUT2D eigenvalue weighted by Crippen LogP contribution is -2.21. The maximum atomic E-state index is 11.3. The molecule has 7 nitrogen and oxygen atoms in total. The van der Waals surface area contributed by atoms with Crippen LogP contribution in [0, 0.1) is 10.1 Å². The molecule has 2 heterocycles. The van der Waals surface area contributed by atoms with E-state index in [-0.39, 0.29) is 17.3 Å². The van der Waals surface area contributed by atoms with Gasteiger partial charge >= 0.3 is 5.69 Å². The third-order valence-corrected chi connectivity index (χ3v) is 3.63. The summed E-state index contributed by atoms with van der Waals surface area (Å²) in [5, 5.41) is 11.3. The Morgan fingerprint density at radius 3 is 2.86 bits per heavy atom. The molecule has 2 aromatic rings. The number of anilines is 3. The number of rotatable bonds is 2. The Kier molecular flexibility index (Phi) is 3.39. The molecular weight excluding hydrogens is 270 g/mol. The van der Waals surface area contributed by atoms with E-state index in [9.17, 15) is 10.1 Å². The molecule has 1 aliphatic heterocycles. The summed E-state index contributed by atoms with van der Waals surface area (Å²) in [6, 6.07) is 7.91. The number of benzene rings is 1. The summed E-state index contributed by atoms with van der Waals surface area (Å²) in [7, 11) is 0. The standard InChI is InChI=1S/C14H15N5O2/c15-13-12(19(20)21)14(17-9-16-13)18-8-4-3-6-10-5-1-2-7-11(10)18/h1-2,5,7,9H,3-4,6,8H2,(H2,15,16,17). The second-order valence-electron chi connectivity index (χ2n) is 4.93. The predicted molar refractivity (Wildman–Crippen MR) is 79.5 cm³/mol. The van der Waals surface area contributed by atoms with E-state index in [1.54, 1.807) is 0 Å². The molecule has 0 unspecified atom stereocenters. The zero-order valence-corrected chi connectivity index (χ0v) is 11.4. The Hall–Kier alpha value is -2.70. The lowest BCUT2D eigenvalue weighted by molar-refractivity contribution is -0.383. The van der Waals surface area contributed by atoms with Crippen molar-refractivity contribution in [1.82, 2.24) is 9.97 Å². The lowest BCUT2D eigenvalue weighted by Gasteiger charge is -2.23. The van der Waals surface area contributed by atoms with Gasteiger partial charge in [-0.1, -0.05) is 18.2 Å². The number of hydrogen-bond donors (Lipinski definition) is 1. The fraction of sp³-hybridized carbons (Fsp3) is 0.286. The van der Waals surface area contributed by atoms with E-state index >= 15 is 0 Å². The number of nitrogens with two attached hydrogens (primary N) is 1. The number of nitrogen functional groups attached to an aromatic ring is 1. The van der Waals surface area contributed by atoms with Crippen LogP contribution in [0.5, 0.6) is 0 Å². The Morgan fingerprint density at radius 1 is 1.24 bits per heavy atom. The summed E-state index contributed by atoms with van der Waals surface area (Å²) in [5.74, 6) is 0.161. The largest absolute Gasteiger partial charge is 0.378 e. The first-order chi connectivity index (χ1) is 10.2. The molecule has 3 rings (SSSR count). The molecule has 1 aromatic heterocycles. The summed E-state index contributed by atoms with van der Waals surface area (Å²) >= 11 is 0. The number of nitro groups is 1. The van der Waals surface area contributed by atoms with Crippen molar-refractivity contribution in [3.05, 3.63) is 46.3 Å². The summed E-state index contributed by atoms with van der Waals surface area (Å²) < 4.78 is 0. The maximum absolute atomic E-state index is 11.3. The molecule has 2 N–H and O–H groups in total. The van der Waals surface area contributed by atoms with E-state index in [1.807, 2.05) is 29.2 Å². The number of aryl methyl sites for hydroxylation is 1. The molecule has 0 saturated carbocycles. The number of nitrogens with zero attached hydrogens (tertiary/aromatic N) is 4. The Balaban J connectivity index is 2.17. The van der Waals surface area contributed by atoms with Gasteiger partial charge in [-0.25, -0.2) is 9.97 Å². The molecule has 0 amide bonds. The summed E-state index contributed by atoms with van der Waals surface area (Å²) in [4.78, 5) is 20.5. The van der Waals surface area contributed by atoms with E-state index < -0.39 is 4.92 Å². The van der Waals surface area contributed by atoms with E-state index in [2.05, 4.69) is 9.97 Å². The van der Waals surface area contributed by atoms with E-state index in [1.165, 1.54) is 11.9 Å². The van der Waals surface area contributed by atoms with Gasteiger partial charge in [0, 0.05) is 12.2 Å². The fourth-order valence-corrected chi connectivity index (χ4v) is 2.67. The van der Waals surface area contributed by atoms with Gasteiger partial charge in [-0.3, -0.25) is 10.1 Å². The van der Waals surface area contributed by atoms with Crippen molar-refractivity contribution >= 4 is 23.0 Å². The van der Waals surface area contributed by atoms with E-state index in [0.29, 0.717) is 6.54 Å². The minimum absolute atomic E-state index is 0.105. The highest BCUT2D eigenvalue weighted by Crippen LogP contribution is 2.37. The smallest absolute Gasteiger partial charge is 0.353 e. The van der Waals surface area contributed by atoms with Gasteiger partial charge < -0.3 is 10.6 Å². The van der Waals surface area contributed by atoms with Crippen molar-refractivity contribution in [2.45, 2.75) is 19.3 Å². The van der Waals surface area contributed by atoms with E-state index in [0.717, 1.165) is 24.9 Å². The first-order valence-corrected chi connectivity index (χ1v) is 6.79. The third kappa shape index (κ3) is 2.37. The Morgan fingerprint density at radius 2 is 2.05 bits per heavy atom. The van der Waals surface area contributed by atoms with Crippen molar-refractivity contribution in [3.63, 3.8) is 0 Å². The Bertz CT molecular complexity index is 689. The average molecular weight is 285 g/mol. The van der Waals surface area contributed by atoms with Crippen molar-refractivity contribution in [2.75, 3.05) is 17.2 Å². The molecule has 1 aliphatic rings. The molecule has 0 spiro atoms. The van der Waals surface area contributed by atoms with E-state index in [4.69, 9.17) is 5.73 Å². The normalized spacial score (nSPS) is 14.4. The van der Waals surface area contributed by atoms with Crippen molar-refractivity contribution in [3.8, 4) is 0 Å². The molecule has 0 radical (unpaired) electrons. The van der Waals surface area contributed by atoms with Crippen LogP contribution in [0.3, 0.4) is 0 Å². The quantitative estimate of drug-likeness (QED) is 0.672. The first kappa shape index (κ1) is 13.3. The first-order valence-electron chi connectivity index (χ1n) is 6.79. The molecule has 0 bridgehead atoms. The summed E-state index contributed by atoms with van der Waals surface area (Å²) in [5.41, 5.74) is 7.56. The van der Waals surface area contributed by atoms with Crippen LogP contribution in [0.4, 0.5) is 23.0 Å². The molecule has 108 valence electrons. The SMILES string of the molecule is Nc1ncnc(N2CCCCc3ccccc32)c1[N+](=O)[O-]. The molecule has 0 aliphatic carbocycles. The van der Waals surface area contributed by atoms with Crippen molar-refractivity contribution in [2.24, 2.45) is 0 Å². The molecule has 0 fully saturated rings. The van der Waals surface area contributed by atoms with Gasteiger partial charge in [-0.15, -0.1) is 0 Å². The van der Waals surface area contributed by atoms with Crippen LogP contribution >= 0.6 is 0 Å². The van der Waals surface area contributed by atoms with Gasteiger partial charge in [0.05, 0.1) is 4.92 Å². The van der Waals surface area contributed by atoms with Gasteiger partial charge in [-0.2, -0.15) is 0 Å². The summed E-state index contributed by atoms with van der Waals surface area (Å²) in [6.07, 6.45) is 4.21. The minimum Gasteiger partial charge on any atom is -0.378 e. The molecule has 0 atom stereocenters. The zero-order valence-electron chi connectivity index (χ0n) is 11.4. The van der Waals surface area contributed by atoms with Gasteiger partial charge in [0.15, 0.2) is 0 Å². The number of aromatic nitrogens is 2. The van der Waals surface area contributed by atoms with Crippen LogP contribution in [-0.2, 0) is 6.42 Å². The van der Waals surface area contributed by atoms with Crippen LogP contribution in [0.25, 0.3) is 0 Å². The molecular formula is C14H15N5O2. The highest BCUT2D eigenvalue weighted by Gasteiger charge is 2.28. The zero-order chi connectivity index (χ0) is 14.8. The van der Waals surface area contributed by atoms with Crippen LogP contribution in [-0.4, -0.2) is 21.4 Å². The number of para-hydroxylation sites is 1. The van der Waals surface area contributed by atoms with Crippen LogP contribution in [0.15, 0.2) is 30.6 Å². The minimum atomic E-state index is -0.516. The Labute approximate surface area is 121 Å². The van der Waals surface area contributed by atoms with Crippen LogP contribution in [0.1, 0.15) is 18.4 Å². The van der Waals surface area contributed by atoms with Crippen molar-refractivity contribution in [1.29, 1.82) is 0 Å².